The molecule has 0 saturated heterocycles. The van der Waals surface area contributed by atoms with Gasteiger partial charge in [0.25, 0.3) is 0 Å². The molecule has 128 valence electrons. The number of nitrogens with zero attached hydrogens (tertiary/aromatic N) is 1. The lowest BCUT2D eigenvalue weighted by molar-refractivity contribution is -0.126. The van der Waals surface area contributed by atoms with Crippen LogP contribution in [0.4, 0.5) is 0 Å². The topological polar surface area (TPSA) is 68.0 Å². The standard InChI is InChI=1S/C19H25N3OS/c20-11-15-7-4-8-17(15)19(23)21-12-16-13-24-18(22-16)10-9-14-5-2-1-3-6-14/h1-3,5-6,13,15,17H,4,7-12,20H2,(H,21,23)/t15-,17-/m1/s1. The highest BCUT2D eigenvalue weighted by Gasteiger charge is 2.31. The van der Waals surface area contributed by atoms with Gasteiger partial charge in [0, 0.05) is 17.7 Å². The molecule has 1 aliphatic carbocycles. The van der Waals surface area contributed by atoms with E-state index < -0.39 is 0 Å². The molecule has 24 heavy (non-hydrogen) atoms. The fourth-order valence-corrected chi connectivity index (χ4v) is 4.21. The number of hydrogen-bond donors (Lipinski definition) is 2. The van der Waals surface area contributed by atoms with Gasteiger partial charge < -0.3 is 11.1 Å². The lowest BCUT2D eigenvalue weighted by atomic mass is 9.95. The minimum absolute atomic E-state index is 0.0891. The summed E-state index contributed by atoms with van der Waals surface area (Å²) >= 11 is 1.68. The Balaban J connectivity index is 1.46. The van der Waals surface area contributed by atoms with Crippen molar-refractivity contribution < 1.29 is 4.79 Å². The molecule has 5 heteroatoms. The SMILES string of the molecule is NC[C@H]1CCC[C@H]1C(=O)NCc1csc(CCc2ccccc2)n1. The van der Waals surface area contributed by atoms with Crippen molar-refractivity contribution in [2.75, 3.05) is 6.54 Å². The van der Waals surface area contributed by atoms with E-state index in [0.29, 0.717) is 19.0 Å². The molecule has 0 bridgehead atoms. The van der Waals surface area contributed by atoms with Gasteiger partial charge in [0.05, 0.1) is 17.2 Å². The molecule has 1 aliphatic rings. The van der Waals surface area contributed by atoms with Crippen molar-refractivity contribution in [3.8, 4) is 0 Å². The van der Waals surface area contributed by atoms with Gasteiger partial charge in [-0.05, 0) is 37.3 Å². The van der Waals surface area contributed by atoms with Crippen molar-refractivity contribution in [1.82, 2.24) is 10.3 Å². The van der Waals surface area contributed by atoms with Gasteiger partial charge in [-0.15, -0.1) is 11.3 Å². The number of carbonyl (C=O) groups excluding carboxylic acids is 1. The average Bonchev–Trinajstić information content (AvgIpc) is 3.28. The van der Waals surface area contributed by atoms with E-state index in [2.05, 4.69) is 39.9 Å². The van der Waals surface area contributed by atoms with Crippen molar-refractivity contribution in [2.45, 2.75) is 38.6 Å². The van der Waals surface area contributed by atoms with Gasteiger partial charge in [-0.25, -0.2) is 4.98 Å². The Hall–Kier alpha value is -1.72. The molecule has 0 unspecified atom stereocenters. The van der Waals surface area contributed by atoms with Crippen LogP contribution in [0.15, 0.2) is 35.7 Å². The Kier molecular flexibility index (Phi) is 5.99. The Bertz CT molecular complexity index is 656. The number of aryl methyl sites for hydroxylation is 2. The summed E-state index contributed by atoms with van der Waals surface area (Å²) in [5.74, 6) is 0.579. The zero-order valence-corrected chi connectivity index (χ0v) is 14.7. The summed E-state index contributed by atoms with van der Waals surface area (Å²) in [6, 6.07) is 10.5. The summed E-state index contributed by atoms with van der Waals surface area (Å²) in [5, 5.41) is 6.22. The monoisotopic (exact) mass is 343 g/mol. The maximum absolute atomic E-state index is 12.3. The zero-order valence-electron chi connectivity index (χ0n) is 13.9. The lowest BCUT2D eigenvalue weighted by Gasteiger charge is -2.16. The Morgan fingerprint density at radius 1 is 1.25 bits per heavy atom. The van der Waals surface area contributed by atoms with Gasteiger partial charge in [0.1, 0.15) is 0 Å². The van der Waals surface area contributed by atoms with Crippen LogP contribution in [0.5, 0.6) is 0 Å². The van der Waals surface area contributed by atoms with E-state index in [1.165, 1.54) is 5.56 Å². The zero-order chi connectivity index (χ0) is 16.8. The largest absolute Gasteiger partial charge is 0.350 e. The van der Waals surface area contributed by atoms with Gasteiger partial charge in [-0.2, -0.15) is 0 Å². The molecule has 1 fully saturated rings. The number of amides is 1. The molecule has 3 N–H and O–H groups in total. The lowest BCUT2D eigenvalue weighted by Crippen LogP contribution is -2.34. The third-order valence-electron chi connectivity index (χ3n) is 4.81. The fraction of sp³-hybridized carbons (Fsp3) is 0.474. The molecule has 1 heterocycles. The van der Waals surface area contributed by atoms with Crippen LogP contribution in [-0.2, 0) is 24.2 Å². The molecule has 2 atom stereocenters. The van der Waals surface area contributed by atoms with Crippen LogP contribution in [0.3, 0.4) is 0 Å². The summed E-state index contributed by atoms with van der Waals surface area (Å²) in [6.45, 7) is 1.13. The van der Waals surface area contributed by atoms with Gasteiger partial charge in [-0.1, -0.05) is 36.8 Å². The summed E-state index contributed by atoms with van der Waals surface area (Å²) < 4.78 is 0. The highest BCUT2D eigenvalue weighted by atomic mass is 32.1. The third-order valence-corrected chi connectivity index (χ3v) is 5.77. The molecule has 1 aromatic carbocycles. The quantitative estimate of drug-likeness (QED) is 0.812. The molecule has 0 radical (unpaired) electrons. The second-order valence-corrected chi connectivity index (χ2v) is 7.41. The van der Waals surface area contributed by atoms with Gasteiger partial charge in [-0.3, -0.25) is 4.79 Å². The second-order valence-electron chi connectivity index (χ2n) is 6.47. The molecule has 4 nitrogen and oxygen atoms in total. The number of aromatic nitrogens is 1. The van der Waals surface area contributed by atoms with Gasteiger partial charge in [0.15, 0.2) is 0 Å². The minimum atomic E-state index is 0.0891. The molecule has 2 aromatic rings. The molecule has 1 aromatic heterocycles. The molecule has 1 saturated carbocycles. The first-order valence-electron chi connectivity index (χ1n) is 8.71. The van der Waals surface area contributed by atoms with Crippen LogP contribution < -0.4 is 11.1 Å². The average molecular weight is 343 g/mol. The third kappa shape index (κ3) is 4.42. The molecular weight excluding hydrogens is 318 g/mol. The molecule has 1 amide bonds. The van der Waals surface area contributed by atoms with E-state index in [1.54, 1.807) is 11.3 Å². The first-order chi connectivity index (χ1) is 11.8. The predicted molar refractivity (Wildman–Crippen MR) is 97.7 cm³/mol. The maximum Gasteiger partial charge on any atom is 0.223 e. The Morgan fingerprint density at radius 2 is 2.08 bits per heavy atom. The first kappa shape index (κ1) is 17.1. The van der Waals surface area contributed by atoms with Crippen LogP contribution in [0.25, 0.3) is 0 Å². The minimum Gasteiger partial charge on any atom is -0.350 e. The van der Waals surface area contributed by atoms with Crippen LogP contribution in [0.1, 0.15) is 35.5 Å². The van der Waals surface area contributed by atoms with E-state index in [4.69, 9.17) is 5.73 Å². The van der Waals surface area contributed by atoms with E-state index in [9.17, 15) is 4.79 Å². The van der Waals surface area contributed by atoms with E-state index in [-0.39, 0.29) is 11.8 Å². The molecule has 0 aliphatic heterocycles. The van der Waals surface area contributed by atoms with E-state index in [1.807, 2.05) is 6.07 Å². The normalized spacial score (nSPS) is 20.2. The predicted octanol–water partition coefficient (Wildman–Crippen LogP) is 2.92. The van der Waals surface area contributed by atoms with Crippen LogP contribution in [-0.4, -0.2) is 17.4 Å². The Morgan fingerprint density at radius 3 is 2.88 bits per heavy atom. The molecular formula is C19H25N3OS. The van der Waals surface area contributed by atoms with Crippen molar-refractivity contribution in [1.29, 1.82) is 0 Å². The van der Waals surface area contributed by atoms with Crippen LogP contribution in [0, 0.1) is 11.8 Å². The fourth-order valence-electron chi connectivity index (χ4n) is 3.41. The van der Waals surface area contributed by atoms with Gasteiger partial charge >= 0.3 is 0 Å². The maximum atomic E-state index is 12.3. The molecule has 3 rings (SSSR count). The van der Waals surface area contributed by atoms with Crippen molar-refractivity contribution in [3.05, 3.63) is 52.0 Å². The number of rotatable bonds is 7. The van der Waals surface area contributed by atoms with Crippen molar-refractivity contribution in [2.24, 2.45) is 17.6 Å². The second kappa shape index (κ2) is 8.40. The van der Waals surface area contributed by atoms with Crippen molar-refractivity contribution in [3.63, 3.8) is 0 Å². The highest BCUT2D eigenvalue weighted by molar-refractivity contribution is 7.09. The van der Waals surface area contributed by atoms with E-state index >= 15 is 0 Å². The summed E-state index contributed by atoms with van der Waals surface area (Å²) in [7, 11) is 0. The summed E-state index contributed by atoms with van der Waals surface area (Å²) in [5.41, 5.74) is 8.05. The highest BCUT2D eigenvalue weighted by Crippen LogP contribution is 2.31. The van der Waals surface area contributed by atoms with E-state index in [0.717, 1.165) is 42.8 Å². The Labute approximate surface area is 147 Å². The smallest absolute Gasteiger partial charge is 0.223 e. The van der Waals surface area contributed by atoms with Crippen LogP contribution >= 0.6 is 11.3 Å². The molecule has 0 spiro atoms. The number of nitrogens with one attached hydrogen (secondary N) is 1. The first-order valence-corrected chi connectivity index (χ1v) is 9.59. The number of hydrogen-bond acceptors (Lipinski definition) is 4. The van der Waals surface area contributed by atoms with Crippen molar-refractivity contribution >= 4 is 17.2 Å². The number of thiazole rings is 1. The number of nitrogens with two attached hydrogens (primary N) is 1. The van der Waals surface area contributed by atoms with Gasteiger partial charge in [0.2, 0.25) is 5.91 Å². The van der Waals surface area contributed by atoms with Crippen LogP contribution in [0.2, 0.25) is 0 Å². The summed E-state index contributed by atoms with van der Waals surface area (Å²) in [6.07, 6.45) is 5.10. The number of carbonyl (C=O) groups is 1. The number of benzene rings is 1. The summed E-state index contributed by atoms with van der Waals surface area (Å²) in [4.78, 5) is 17.0.